The second kappa shape index (κ2) is 6.87. The third-order valence-electron chi connectivity index (χ3n) is 3.65. The molecule has 26 heavy (non-hydrogen) atoms. The van der Waals surface area contributed by atoms with Gasteiger partial charge in [0.25, 0.3) is 11.5 Å². The fourth-order valence-electron chi connectivity index (χ4n) is 2.36. The van der Waals surface area contributed by atoms with Crippen molar-refractivity contribution in [2.24, 2.45) is 0 Å². The zero-order valence-corrected chi connectivity index (χ0v) is 13.4. The molecule has 6 nitrogen and oxygen atoms in total. The van der Waals surface area contributed by atoms with Gasteiger partial charge in [-0.3, -0.25) is 9.59 Å². The number of nitrogens with zero attached hydrogens (tertiary/aromatic N) is 1. The van der Waals surface area contributed by atoms with Crippen molar-refractivity contribution in [2.45, 2.75) is 6.54 Å². The van der Waals surface area contributed by atoms with Crippen LogP contribution in [0.4, 0.5) is 13.2 Å². The van der Waals surface area contributed by atoms with Gasteiger partial charge in [0.05, 0.1) is 12.6 Å². The van der Waals surface area contributed by atoms with Crippen molar-refractivity contribution in [2.75, 3.05) is 7.11 Å². The van der Waals surface area contributed by atoms with Gasteiger partial charge >= 0.3 is 0 Å². The van der Waals surface area contributed by atoms with Gasteiger partial charge < -0.3 is 15.0 Å². The number of rotatable bonds is 4. The highest BCUT2D eigenvalue weighted by Crippen LogP contribution is 2.18. The van der Waals surface area contributed by atoms with E-state index in [0.717, 1.165) is 12.1 Å². The molecule has 0 unspecified atom stereocenters. The summed E-state index contributed by atoms with van der Waals surface area (Å²) in [5, 5.41) is 1.92. The van der Waals surface area contributed by atoms with Gasteiger partial charge in [0.1, 0.15) is 5.39 Å². The number of H-pyrrole nitrogens is 1. The lowest BCUT2D eigenvalue weighted by Crippen LogP contribution is -2.28. The largest absolute Gasteiger partial charge is 0.494 e. The van der Waals surface area contributed by atoms with Gasteiger partial charge in [0, 0.05) is 6.54 Å². The number of hydrogen-bond donors (Lipinski definition) is 2. The summed E-state index contributed by atoms with van der Waals surface area (Å²) in [4.78, 5) is 30.1. The molecule has 9 heteroatoms. The molecule has 0 radical (unpaired) electrons. The number of carbonyl (C=O) groups is 1. The first-order chi connectivity index (χ1) is 12.4. The summed E-state index contributed by atoms with van der Waals surface area (Å²) in [6.45, 7) is 0.00893. The molecule has 1 amide bonds. The first-order valence-electron chi connectivity index (χ1n) is 7.39. The zero-order valence-electron chi connectivity index (χ0n) is 13.4. The molecule has 0 spiro atoms. The van der Waals surface area contributed by atoms with Crippen molar-refractivity contribution < 1.29 is 22.7 Å². The third kappa shape index (κ3) is 3.23. The third-order valence-corrected chi connectivity index (χ3v) is 3.65. The number of hydrogen-bond acceptors (Lipinski definition) is 4. The number of amides is 1. The average Bonchev–Trinajstić information content (AvgIpc) is 2.63. The Bertz CT molecular complexity index is 1070. The molecule has 134 valence electrons. The van der Waals surface area contributed by atoms with Crippen molar-refractivity contribution in [3.63, 3.8) is 0 Å². The van der Waals surface area contributed by atoms with E-state index in [4.69, 9.17) is 4.74 Å². The van der Waals surface area contributed by atoms with E-state index in [1.807, 2.05) is 0 Å². The SMILES string of the molecule is COc1cc(CNC(=O)c2nc3ccc(F)c(F)c3c(=O)[nH]2)ccc1F. The fourth-order valence-corrected chi connectivity index (χ4v) is 2.36. The van der Waals surface area contributed by atoms with Crippen molar-refractivity contribution in [3.05, 3.63) is 69.5 Å². The van der Waals surface area contributed by atoms with Crippen LogP contribution in [0.15, 0.2) is 35.1 Å². The molecule has 0 saturated carbocycles. The minimum Gasteiger partial charge on any atom is -0.494 e. The number of benzene rings is 2. The second-order valence-electron chi connectivity index (χ2n) is 5.32. The maximum Gasteiger partial charge on any atom is 0.287 e. The van der Waals surface area contributed by atoms with E-state index in [2.05, 4.69) is 15.3 Å². The first-order valence-corrected chi connectivity index (χ1v) is 7.39. The van der Waals surface area contributed by atoms with Crippen LogP contribution in [0.3, 0.4) is 0 Å². The quantitative estimate of drug-likeness (QED) is 0.745. The molecule has 1 aromatic heterocycles. The number of ether oxygens (including phenoxy) is 1. The van der Waals surface area contributed by atoms with E-state index in [1.165, 1.54) is 25.3 Å². The minimum absolute atomic E-state index is 0.00893. The molecule has 0 aliphatic rings. The number of aromatic nitrogens is 2. The number of nitrogens with one attached hydrogen (secondary N) is 2. The maximum absolute atomic E-state index is 13.7. The number of fused-ring (bicyclic) bond motifs is 1. The summed E-state index contributed by atoms with van der Waals surface area (Å²) in [6.07, 6.45) is 0. The highest BCUT2D eigenvalue weighted by atomic mass is 19.2. The molecule has 0 saturated heterocycles. The Morgan fingerprint density at radius 2 is 1.92 bits per heavy atom. The monoisotopic (exact) mass is 363 g/mol. The number of methoxy groups -OCH3 is 1. The van der Waals surface area contributed by atoms with Crippen LogP contribution in [0, 0.1) is 17.5 Å². The lowest BCUT2D eigenvalue weighted by atomic mass is 10.2. The predicted molar refractivity (Wildman–Crippen MR) is 86.4 cm³/mol. The van der Waals surface area contributed by atoms with Crippen LogP contribution < -0.4 is 15.6 Å². The molecule has 2 aromatic carbocycles. The van der Waals surface area contributed by atoms with Crippen molar-refractivity contribution >= 4 is 16.8 Å². The standard InChI is InChI=1S/C17H12F3N3O3/c1-26-12-6-8(2-3-9(12)18)7-21-17(25)15-22-11-5-4-10(19)14(20)13(11)16(24)23-15/h2-6H,7H2,1H3,(H,21,25)(H,22,23,24). The lowest BCUT2D eigenvalue weighted by molar-refractivity contribution is 0.0940. The summed E-state index contributed by atoms with van der Waals surface area (Å²) < 4.78 is 45.1. The van der Waals surface area contributed by atoms with E-state index in [9.17, 15) is 22.8 Å². The molecule has 0 aliphatic carbocycles. The molecule has 0 aliphatic heterocycles. The normalized spacial score (nSPS) is 10.8. The van der Waals surface area contributed by atoms with E-state index in [-0.39, 0.29) is 23.6 Å². The van der Waals surface area contributed by atoms with Gasteiger partial charge in [-0.05, 0) is 29.8 Å². The van der Waals surface area contributed by atoms with Gasteiger partial charge in [0.2, 0.25) is 0 Å². The number of aromatic amines is 1. The second-order valence-corrected chi connectivity index (χ2v) is 5.32. The molecule has 0 bridgehead atoms. The fraction of sp³-hybridized carbons (Fsp3) is 0.118. The van der Waals surface area contributed by atoms with Crippen molar-refractivity contribution in [3.8, 4) is 5.75 Å². The molecule has 0 fully saturated rings. The topological polar surface area (TPSA) is 84.1 Å². The van der Waals surface area contributed by atoms with E-state index >= 15 is 0 Å². The Morgan fingerprint density at radius 1 is 1.19 bits per heavy atom. The molecule has 2 N–H and O–H groups in total. The van der Waals surface area contributed by atoms with Crippen LogP contribution in [0.2, 0.25) is 0 Å². The lowest BCUT2D eigenvalue weighted by Gasteiger charge is -2.08. The Balaban J connectivity index is 1.84. The van der Waals surface area contributed by atoms with Crippen molar-refractivity contribution in [1.82, 2.24) is 15.3 Å². The Morgan fingerprint density at radius 3 is 2.65 bits per heavy atom. The van der Waals surface area contributed by atoms with Crippen LogP contribution in [-0.4, -0.2) is 23.0 Å². The highest BCUT2D eigenvalue weighted by Gasteiger charge is 2.16. The van der Waals surface area contributed by atoms with Gasteiger partial charge in [0.15, 0.2) is 29.0 Å². The van der Waals surface area contributed by atoms with Crippen LogP contribution in [0.1, 0.15) is 16.2 Å². The number of halogens is 3. The van der Waals surface area contributed by atoms with Crippen LogP contribution in [0.5, 0.6) is 5.75 Å². The molecule has 0 atom stereocenters. The molecule has 1 heterocycles. The summed E-state index contributed by atoms with van der Waals surface area (Å²) in [5.41, 5.74) is -0.574. The van der Waals surface area contributed by atoms with Crippen LogP contribution in [-0.2, 0) is 6.54 Å². The van der Waals surface area contributed by atoms with Crippen LogP contribution >= 0.6 is 0 Å². The van der Waals surface area contributed by atoms with Crippen LogP contribution in [0.25, 0.3) is 10.9 Å². The van der Waals surface area contributed by atoms with Gasteiger partial charge in [-0.25, -0.2) is 18.2 Å². The molecular weight excluding hydrogens is 351 g/mol. The Labute approximate surface area is 144 Å². The van der Waals surface area contributed by atoms with Gasteiger partial charge in [-0.2, -0.15) is 0 Å². The minimum atomic E-state index is -1.33. The van der Waals surface area contributed by atoms with Gasteiger partial charge in [-0.15, -0.1) is 0 Å². The summed E-state index contributed by atoms with van der Waals surface area (Å²) >= 11 is 0. The summed E-state index contributed by atoms with van der Waals surface area (Å²) in [6, 6.07) is 5.96. The average molecular weight is 363 g/mol. The zero-order chi connectivity index (χ0) is 18.8. The first kappa shape index (κ1) is 17.5. The molecule has 3 aromatic rings. The summed E-state index contributed by atoms with van der Waals surface area (Å²) in [5.74, 6) is -4.14. The predicted octanol–water partition coefficient (Wildman–Crippen LogP) is 2.28. The Kier molecular flexibility index (Phi) is 4.61. The molecule has 3 rings (SSSR count). The molecular formula is C17H12F3N3O3. The van der Waals surface area contributed by atoms with Crippen molar-refractivity contribution in [1.29, 1.82) is 0 Å². The van der Waals surface area contributed by atoms with Gasteiger partial charge in [-0.1, -0.05) is 6.07 Å². The highest BCUT2D eigenvalue weighted by molar-refractivity contribution is 5.92. The smallest absolute Gasteiger partial charge is 0.287 e. The van der Waals surface area contributed by atoms with E-state index in [0.29, 0.717) is 5.56 Å². The number of carbonyl (C=O) groups excluding carboxylic acids is 1. The summed E-state index contributed by atoms with van der Waals surface area (Å²) in [7, 11) is 1.31. The van der Waals surface area contributed by atoms with E-state index < -0.39 is 34.3 Å². The van der Waals surface area contributed by atoms with E-state index in [1.54, 1.807) is 0 Å². The Hall–Kier alpha value is -3.36. The maximum atomic E-state index is 13.7.